The molecule has 0 unspecified atom stereocenters. The highest BCUT2D eigenvalue weighted by atomic mass is 16.3. The molecular weight excluding hydrogens is 611 g/mol. The fourth-order valence-electron chi connectivity index (χ4n) is 8.09. The lowest BCUT2D eigenvalue weighted by molar-refractivity contribution is 0.669. The van der Waals surface area contributed by atoms with E-state index < -0.39 is 0 Å². The summed E-state index contributed by atoms with van der Waals surface area (Å²) >= 11 is 0. The van der Waals surface area contributed by atoms with Crippen molar-refractivity contribution in [2.45, 2.75) is 0 Å². The summed E-state index contributed by atoms with van der Waals surface area (Å²) in [6.45, 7) is 0. The third-order valence-corrected chi connectivity index (χ3v) is 10.2. The third-order valence-electron chi connectivity index (χ3n) is 10.2. The molecule has 3 heterocycles. The van der Waals surface area contributed by atoms with Gasteiger partial charge in [-0.3, -0.25) is 0 Å². The van der Waals surface area contributed by atoms with Crippen molar-refractivity contribution < 1.29 is 4.42 Å². The molecule has 0 fully saturated rings. The Kier molecular flexibility index (Phi) is 5.63. The number of nitrogens with zero attached hydrogens (tertiary/aromatic N) is 3. The Bertz CT molecular complexity index is 3000. The van der Waals surface area contributed by atoms with Crippen LogP contribution in [0.1, 0.15) is 0 Å². The highest BCUT2D eigenvalue weighted by molar-refractivity contribution is 6.27. The Balaban J connectivity index is 1.14. The summed E-state index contributed by atoms with van der Waals surface area (Å²) in [5, 5.41) is 4.66. The van der Waals surface area contributed by atoms with Crippen LogP contribution in [0.15, 0.2) is 168 Å². The summed E-state index contributed by atoms with van der Waals surface area (Å²) in [7, 11) is 0. The van der Waals surface area contributed by atoms with Crippen LogP contribution in [0.2, 0.25) is 0 Å². The number of benzene rings is 7. The van der Waals surface area contributed by atoms with Gasteiger partial charge in [0, 0.05) is 50.1 Å². The molecule has 232 valence electrons. The van der Waals surface area contributed by atoms with Gasteiger partial charge in [-0.25, -0.2) is 9.97 Å². The fourth-order valence-corrected chi connectivity index (χ4v) is 8.09. The zero-order chi connectivity index (χ0) is 32.8. The van der Waals surface area contributed by atoms with E-state index in [1.165, 1.54) is 33.0 Å². The van der Waals surface area contributed by atoms with E-state index in [0.29, 0.717) is 5.82 Å². The largest absolute Gasteiger partial charge is 0.456 e. The molecule has 0 spiro atoms. The summed E-state index contributed by atoms with van der Waals surface area (Å²) in [5.74, 6) is 0.690. The van der Waals surface area contributed by atoms with Crippen molar-refractivity contribution in [2.75, 3.05) is 0 Å². The van der Waals surface area contributed by atoms with E-state index in [2.05, 4.69) is 150 Å². The van der Waals surface area contributed by atoms with Gasteiger partial charge in [-0.15, -0.1) is 0 Å². The van der Waals surface area contributed by atoms with Crippen LogP contribution in [-0.4, -0.2) is 14.5 Å². The van der Waals surface area contributed by atoms with Gasteiger partial charge in [-0.05, 0) is 64.2 Å². The third kappa shape index (κ3) is 3.81. The molecule has 50 heavy (non-hydrogen) atoms. The van der Waals surface area contributed by atoms with Gasteiger partial charge in [-0.2, -0.15) is 0 Å². The second-order valence-corrected chi connectivity index (χ2v) is 12.9. The van der Waals surface area contributed by atoms with Gasteiger partial charge in [0.05, 0.1) is 16.7 Å². The number of para-hydroxylation sites is 2. The van der Waals surface area contributed by atoms with Crippen LogP contribution in [0.4, 0.5) is 0 Å². The minimum atomic E-state index is 0.690. The van der Waals surface area contributed by atoms with Crippen molar-refractivity contribution in [3.05, 3.63) is 164 Å². The first-order valence-electron chi connectivity index (χ1n) is 16.9. The van der Waals surface area contributed by atoms with Crippen LogP contribution in [0.3, 0.4) is 0 Å². The zero-order valence-electron chi connectivity index (χ0n) is 26.8. The van der Waals surface area contributed by atoms with Crippen molar-refractivity contribution in [1.29, 1.82) is 0 Å². The summed E-state index contributed by atoms with van der Waals surface area (Å²) < 4.78 is 8.66. The number of furan rings is 1. The monoisotopic (exact) mass is 637 g/mol. The molecule has 1 aliphatic carbocycles. The lowest BCUT2D eigenvalue weighted by Crippen LogP contribution is -2.01. The van der Waals surface area contributed by atoms with E-state index in [1.807, 2.05) is 18.3 Å². The van der Waals surface area contributed by atoms with Crippen molar-refractivity contribution in [3.8, 4) is 61.7 Å². The van der Waals surface area contributed by atoms with E-state index in [1.54, 1.807) is 0 Å². The molecular formula is C46H27N3O. The van der Waals surface area contributed by atoms with Gasteiger partial charge >= 0.3 is 0 Å². The molecule has 1 aliphatic rings. The maximum atomic E-state index is 6.30. The van der Waals surface area contributed by atoms with Crippen molar-refractivity contribution in [3.63, 3.8) is 0 Å². The quantitative estimate of drug-likeness (QED) is 0.189. The molecule has 4 heteroatoms. The van der Waals surface area contributed by atoms with Gasteiger partial charge < -0.3 is 8.98 Å². The maximum Gasteiger partial charge on any atom is 0.159 e. The lowest BCUT2D eigenvalue weighted by Gasteiger charge is -2.22. The molecule has 0 amide bonds. The van der Waals surface area contributed by atoms with E-state index in [4.69, 9.17) is 14.4 Å². The summed E-state index contributed by atoms with van der Waals surface area (Å²) in [4.78, 5) is 10.4. The van der Waals surface area contributed by atoms with Crippen molar-refractivity contribution in [2.24, 2.45) is 0 Å². The average molecular weight is 638 g/mol. The predicted octanol–water partition coefficient (Wildman–Crippen LogP) is 12.1. The van der Waals surface area contributed by atoms with Crippen molar-refractivity contribution >= 4 is 43.7 Å². The Morgan fingerprint density at radius 1 is 0.440 bits per heavy atom. The minimum absolute atomic E-state index is 0.690. The van der Waals surface area contributed by atoms with E-state index in [0.717, 1.165) is 66.6 Å². The number of aromatic nitrogens is 3. The fraction of sp³-hybridized carbons (Fsp3) is 0. The van der Waals surface area contributed by atoms with Gasteiger partial charge in [-0.1, -0.05) is 121 Å². The summed E-state index contributed by atoms with van der Waals surface area (Å²) in [6.07, 6.45) is 2.01. The number of rotatable bonds is 2. The van der Waals surface area contributed by atoms with Gasteiger partial charge in [0.15, 0.2) is 5.82 Å². The molecule has 0 atom stereocenters. The first-order valence-corrected chi connectivity index (χ1v) is 16.9. The smallest absolute Gasteiger partial charge is 0.159 e. The zero-order valence-corrected chi connectivity index (χ0v) is 26.8. The minimum Gasteiger partial charge on any atom is -0.456 e. The van der Waals surface area contributed by atoms with Crippen molar-refractivity contribution in [1.82, 2.24) is 14.5 Å². The van der Waals surface area contributed by atoms with Crippen LogP contribution in [0, 0.1) is 0 Å². The average Bonchev–Trinajstić information content (AvgIpc) is 3.73. The first-order chi connectivity index (χ1) is 24.8. The van der Waals surface area contributed by atoms with Gasteiger partial charge in [0.2, 0.25) is 0 Å². The van der Waals surface area contributed by atoms with E-state index >= 15 is 0 Å². The molecule has 0 radical (unpaired) electrons. The van der Waals surface area contributed by atoms with Crippen LogP contribution >= 0.6 is 0 Å². The summed E-state index contributed by atoms with van der Waals surface area (Å²) in [6, 6.07) is 55.7. The summed E-state index contributed by atoms with van der Waals surface area (Å²) in [5.41, 5.74) is 15.0. The van der Waals surface area contributed by atoms with Gasteiger partial charge in [0.25, 0.3) is 0 Å². The molecule has 0 N–H and O–H groups in total. The molecule has 0 bridgehead atoms. The molecule has 3 aromatic heterocycles. The van der Waals surface area contributed by atoms with E-state index in [9.17, 15) is 0 Å². The van der Waals surface area contributed by atoms with Crippen LogP contribution in [0.5, 0.6) is 0 Å². The van der Waals surface area contributed by atoms with E-state index in [-0.39, 0.29) is 0 Å². The second-order valence-electron chi connectivity index (χ2n) is 12.9. The Morgan fingerprint density at radius 2 is 1.06 bits per heavy atom. The Morgan fingerprint density at radius 3 is 1.82 bits per heavy atom. The van der Waals surface area contributed by atoms with Gasteiger partial charge in [0.1, 0.15) is 11.2 Å². The van der Waals surface area contributed by atoms with Crippen LogP contribution < -0.4 is 0 Å². The lowest BCUT2D eigenvalue weighted by atomic mass is 9.83. The number of hydrogen-bond acceptors (Lipinski definition) is 3. The molecule has 7 aromatic carbocycles. The molecule has 4 nitrogen and oxygen atoms in total. The normalized spacial score (nSPS) is 12.0. The van der Waals surface area contributed by atoms with Crippen LogP contribution in [-0.2, 0) is 0 Å². The number of fused-ring (bicyclic) bond motifs is 15. The predicted molar refractivity (Wildman–Crippen MR) is 204 cm³/mol. The molecule has 0 saturated carbocycles. The Hall–Kier alpha value is -6.78. The SMILES string of the molecule is c1cc(-c2ncc3c(n2)-c2ccccc2-c2ccccc2-c2ccccc2-3)cc(-n2c3ccccc3c3c4c(ccc32)oc2ccccc24)c1. The topological polar surface area (TPSA) is 43.9 Å². The first kappa shape index (κ1) is 27.2. The number of hydrogen-bond donors (Lipinski definition) is 0. The molecule has 11 rings (SSSR count). The maximum absolute atomic E-state index is 6.30. The Labute approximate surface area is 287 Å². The standard InChI is InChI=1S/C46H27N3O/c1-2-15-31-30(14-1)32-16-3-4-18-34(32)38-27-47-46(48-45(38)35-19-6-5-17-33(31)35)28-12-11-13-29(26-28)49-39-22-9-7-20-36(39)43-40(49)24-25-42-44(43)37-21-8-10-23-41(37)50-42/h1-27H. The highest BCUT2D eigenvalue weighted by Crippen LogP contribution is 2.47. The van der Waals surface area contributed by atoms with Crippen LogP contribution in [0.25, 0.3) is 105 Å². The molecule has 10 aromatic rings. The second kappa shape index (κ2) is 10.4. The highest BCUT2D eigenvalue weighted by Gasteiger charge is 2.24. The molecule has 0 saturated heterocycles. The molecule has 0 aliphatic heterocycles.